The van der Waals surface area contributed by atoms with Crippen LogP contribution in [0.3, 0.4) is 0 Å². The van der Waals surface area contributed by atoms with Crippen molar-refractivity contribution in [3.05, 3.63) is 58.8 Å². The van der Waals surface area contributed by atoms with E-state index in [4.69, 9.17) is 4.18 Å². The number of benzene rings is 2. The lowest BCUT2D eigenvalue weighted by atomic mass is 10.3. The fourth-order valence-electron chi connectivity index (χ4n) is 1.32. The van der Waals surface area contributed by atoms with Gasteiger partial charge in [-0.05, 0) is 30.3 Å². The average Bonchev–Trinajstić information content (AvgIpc) is 2.33. The molecule has 94 valence electrons. The van der Waals surface area contributed by atoms with E-state index in [0.717, 1.165) is 12.1 Å². The highest BCUT2D eigenvalue weighted by Gasteiger charge is 2.21. The second-order valence-electron chi connectivity index (χ2n) is 3.43. The molecule has 0 aliphatic rings. The fraction of sp³-hybridized carbons (Fsp3) is 0. The minimum Gasteiger partial charge on any atom is -0.379 e. The minimum atomic E-state index is -4.17. The highest BCUT2D eigenvalue weighted by Crippen LogP contribution is 2.23. The van der Waals surface area contributed by atoms with E-state index in [9.17, 15) is 12.8 Å². The molecule has 0 bridgehead atoms. The van der Waals surface area contributed by atoms with E-state index in [2.05, 4.69) is 15.9 Å². The molecule has 2 aromatic carbocycles. The van der Waals surface area contributed by atoms with Crippen LogP contribution in [0.4, 0.5) is 4.39 Å². The summed E-state index contributed by atoms with van der Waals surface area (Å²) in [6.07, 6.45) is 0. The van der Waals surface area contributed by atoms with Gasteiger partial charge in [-0.2, -0.15) is 8.42 Å². The number of halogens is 2. The summed E-state index contributed by atoms with van der Waals surface area (Å²) in [5, 5.41) is 0. The molecule has 0 atom stereocenters. The van der Waals surface area contributed by atoms with Crippen LogP contribution >= 0.6 is 15.9 Å². The third kappa shape index (κ3) is 2.88. The SMILES string of the molecule is O=S(=O)(Oc1ccccc1)c1cc(Br)ccc1F. The molecule has 2 aromatic rings. The van der Waals surface area contributed by atoms with Crippen molar-refractivity contribution in [1.82, 2.24) is 0 Å². The van der Waals surface area contributed by atoms with Gasteiger partial charge in [-0.25, -0.2) is 4.39 Å². The molecule has 6 heteroatoms. The van der Waals surface area contributed by atoms with Crippen LogP contribution in [0.1, 0.15) is 0 Å². The van der Waals surface area contributed by atoms with Gasteiger partial charge in [0.2, 0.25) is 0 Å². The molecule has 2 rings (SSSR count). The van der Waals surface area contributed by atoms with Crippen molar-refractivity contribution in [3.8, 4) is 5.75 Å². The molecule has 0 fully saturated rings. The molecule has 18 heavy (non-hydrogen) atoms. The van der Waals surface area contributed by atoms with Gasteiger partial charge < -0.3 is 4.18 Å². The van der Waals surface area contributed by atoms with Gasteiger partial charge in [0.15, 0.2) is 0 Å². The Morgan fingerprint density at radius 3 is 2.39 bits per heavy atom. The van der Waals surface area contributed by atoms with Crippen LogP contribution in [0.2, 0.25) is 0 Å². The van der Waals surface area contributed by atoms with E-state index < -0.39 is 20.8 Å². The van der Waals surface area contributed by atoms with Gasteiger partial charge in [-0.15, -0.1) is 0 Å². The first kappa shape index (κ1) is 13.0. The second-order valence-corrected chi connectivity index (χ2v) is 5.86. The van der Waals surface area contributed by atoms with E-state index in [1.807, 2.05) is 0 Å². The van der Waals surface area contributed by atoms with E-state index in [1.54, 1.807) is 18.2 Å². The topological polar surface area (TPSA) is 43.4 Å². The second kappa shape index (κ2) is 5.07. The Bertz CT molecular complexity index is 656. The van der Waals surface area contributed by atoms with Crippen LogP contribution in [0.25, 0.3) is 0 Å². The maximum absolute atomic E-state index is 13.5. The predicted octanol–water partition coefficient (Wildman–Crippen LogP) is 3.36. The Kier molecular flexibility index (Phi) is 3.68. The van der Waals surface area contributed by atoms with Crippen LogP contribution in [0.5, 0.6) is 5.75 Å². The summed E-state index contributed by atoms with van der Waals surface area (Å²) in [4.78, 5) is -0.499. The minimum absolute atomic E-state index is 0.136. The van der Waals surface area contributed by atoms with Crippen molar-refractivity contribution in [1.29, 1.82) is 0 Å². The zero-order valence-electron chi connectivity index (χ0n) is 9.01. The van der Waals surface area contributed by atoms with Gasteiger partial charge in [0.1, 0.15) is 16.5 Å². The summed E-state index contributed by atoms with van der Waals surface area (Å²) in [5.74, 6) is -0.717. The Balaban J connectivity index is 2.40. The Labute approximate surface area is 112 Å². The molecule has 0 aliphatic carbocycles. The Morgan fingerprint density at radius 2 is 1.72 bits per heavy atom. The summed E-state index contributed by atoms with van der Waals surface area (Å²) >= 11 is 3.09. The third-order valence-corrected chi connectivity index (χ3v) is 3.87. The fourth-order valence-corrected chi connectivity index (χ4v) is 2.86. The molecule has 0 aromatic heterocycles. The third-order valence-electron chi connectivity index (χ3n) is 2.11. The van der Waals surface area contributed by atoms with Gasteiger partial charge >= 0.3 is 10.1 Å². The van der Waals surface area contributed by atoms with Crippen molar-refractivity contribution in [2.45, 2.75) is 4.90 Å². The first-order valence-corrected chi connectivity index (χ1v) is 7.14. The Morgan fingerprint density at radius 1 is 1.06 bits per heavy atom. The van der Waals surface area contributed by atoms with Gasteiger partial charge in [0.25, 0.3) is 0 Å². The molecule has 0 unspecified atom stereocenters. The number of hydrogen-bond donors (Lipinski definition) is 0. The lowest BCUT2D eigenvalue weighted by Crippen LogP contribution is -2.11. The highest BCUT2D eigenvalue weighted by atomic mass is 79.9. The van der Waals surface area contributed by atoms with E-state index >= 15 is 0 Å². The van der Waals surface area contributed by atoms with Crippen LogP contribution < -0.4 is 4.18 Å². The van der Waals surface area contributed by atoms with Crippen molar-refractivity contribution >= 4 is 26.0 Å². The standard InChI is InChI=1S/C12H8BrFO3S/c13-9-6-7-11(14)12(8-9)18(15,16)17-10-4-2-1-3-5-10/h1-8H. The molecule has 0 N–H and O–H groups in total. The summed E-state index contributed by atoms with van der Waals surface area (Å²) < 4.78 is 42.6. The van der Waals surface area contributed by atoms with E-state index in [-0.39, 0.29) is 5.75 Å². The molecule has 3 nitrogen and oxygen atoms in total. The first-order chi connectivity index (χ1) is 8.49. The number of para-hydroxylation sites is 1. The first-order valence-electron chi connectivity index (χ1n) is 4.93. The smallest absolute Gasteiger partial charge is 0.342 e. The van der Waals surface area contributed by atoms with Gasteiger partial charge in [0.05, 0.1) is 0 Å². The molecule has 0 saturated carbocycles. The molecule has 0 spiro atoms. The molecule has 0 aliphatic heterocycles. The molecule has 0 radical (unpaired) electrons. The maximum Gasteiger partial charge on any atom is 0.342 e. The zero-order valence-corrected chi connectivity index (χ0v) is 11.4. The van der Waals surface area contributed by atoms with Crippen molar-refractivity contribution in [2.24, 2.45) is 0 Å². The summed E-state index contributed by atoms with van der Waals surface area (Å²) in [6, 6.07) is 11.6. The molecular weight excluding hydrogens is 323 g/mol. The lowest BCUT2D eigenvalue weighted by molar-refractivity contribution is 0.476. The van der Waals surface area contributed by atoms with E-state index in [0.29, 0.717) is 4.47 Å². The maximum atomic E-state index is 13.5. The van der Waals surface area contributed by atoms with E-state index in [1.165, 1.54) is 18.2 Å². The molecule has 0 saturated heterocycles. The van der Waals surface area contributed by atoms with Crippen molar-refractivity contribution in [2.75, 3.05) is 0 Å². The van der Waals surface area contributed by atoms with Gasteiger partial charge in [0, 0.05) is 4.47 Å². The molecular formula is C12H8BrFO3S. The Hall–Kier alpha value is -1.40. The summed E-state index contributed by atoms with van der Waals surface area (Å²) in [5.41, 5.74) is 0. The summed E-state index contributed by atoms with van der Waals surface area (Å²) in [7, 11) is -4.17. The predicted molar refractivity (Wildman–Crippen MR) is 68.4 cm³/mol. The largest absolute Gasteiger partial charge is 0.379 e. The van der Waals surface area contributed by atoms with Gasteiger partial charge in [-0.1, -0.05) is 34.1 Å². The monoisotopic (exact) mass is 330 g/mol. The van der Waals surface area contributed by atoms with Crippen LogP contribution in [-0.2, 0) is 10.1 Å². The average molecular weight is 331 g/mol. The number of hydrogen-bond acceptors (Lipinski definition) is 3. The molecule has 0 heterocycles. The van der Waals surface area contributed by atoms with Crippen LogP contribution in [0, 0.1) is 5.82 Å². The number of rotatable bonds is 3. The quantitative estimate of drug-likeness (QED) is 0.810. The lowest BCUT2D eigenvalue weighted by Gasteiger charge is -2.07. The van der Waals surface area contributed by atoms with Gasteiger partial charge in [-0.3, -0.25) is 0 Å². The van der Waals surface area contributed by atoms with Crippen LogP contribution in [-0.4, -0.2) is 8.42 Å². The van der Waals surface area contributed by atoms with Crippen molar-refractivity contribution < 1.29 is 17.0 Å². The highest BCUT2D eigenvalue weighted by molar-refractivity contribution is 9.10. The van der Waals surface area contributed by atoms with Crippen molar-refractivity contribution in [3.63, 3.8) is 0 Å². The normalized spacial score (nSPS) is 11.2. The van der Waals surface area contributed by atoms with Crippen LogP contribution in [0.15, 0.2) is 57.9 Å². The molecule has 0 amide bonds. The summed E-state index contributed by atoms with van der Waals surface area (Å²) in [6.45, 7) is 0. The zero-order chi connectivity index (χ0) is 13.2.